The molecule has 0 saturated carbocycles. The number of halogens is 1. The molecule has 0 fully saturated rings. The highest BCUT2D eigenvalue weighted by Gasteiger charge is 2.08. The second-order valence-corrected chi connectivity index (χ2v) is 2.79. The molecule has 4 nitrogen and oxygen atoms in total. The van der Waals surface area contributed by atoms with Crippen molar-refractivity contribution in [2.24, 2.45) is 0 Å². The Morgan fingerprint density at radius 2 is 2.43 bits per heavy atom. The maximum atomic E-state index is 11.6. The summed E-state index contributed by atoms with van der Waals surface area (Å²) >= 11 is 5.65. The van der Waals surface area contributed by atoms with E-state index in [0.717, 1.165) is 0 Å². The van der Waals surface area contributed by atoms with Crippen LogP contribution in [0.25, 0.3) is 0 Å². The molecule has 0 radical (unpaired) electrons. The normalized spacial score (nSPS) is 9.07. The summed E-state index contributed by atoms with van der Waals surface area (Å²) in [5.74, 6) is 5.48. The van der Waals surface area contributed by atoms with Gasteiger partial charge in [0.15, 0.2) is 5.15 Å². The third-order valence-electron chi connectivity index (χ3n) is 1.58. The molecule has 0 spiro atoms. The molecular formula is C9H9ClN2O2. The first-order valence-electron chi connectivity index (χ1n) is 3.89. The van der Waals surface area contributed by atoms with Gasteiger partial charge < -0.3 is 4.74 Å². The average molecular weight is 213 g/mol. The van der Waals surface area contributed by atoms with Gasteiger partial charge in [-0.25, -0.2) is 4.98 Å². The maximum Gasteiger partial charge on any atom is 0.298 e. The molecule has 0 saturated heterocycles. The van der Waals surface area contributed by atoms with E-state index in [-0.39, 0.29) is 23.0 Å². The highest BCUT2D eigenvalue weighted by atomic mass is 35.5. The summed E-state index contributed by atoms with van der Waals surface area (Å²) in [6.07, 6.45) is 1.34. The van der Waals surface area contributed by atoms with Gasteiger partial charge in [0, 0.05) is 0 Å². The van der Waals surface area contributed by atoms with Crippen LogP contribution in [0.5, 0.6) is 5.75 Å². The van der Waals surface area contributed by atoms with Crippen LogP contribution in [0.3, 0.4) is 0 Å². The van der Waals surface area contributed by atoms with Crippen LogP contribution in [-0.2, 0) is 6.54 Å². The zero-order chi connectivity index (χ0) is 10.6. The highest BCUT2D eigenvalue weighted by molar-refractivity contribution is 6.30. The van der Waals surface area contributed by atoms with Crippen molar-refractivity contribution in [2.75, 3.05) is 7.11 Å². The molecule has 1 heterocycles. The monoisotopic (exact) mass is 212 g/mol. The Hall–Kier alpha value is -1.47. The molecule has 14 heavy (non-hydrogen) atoms. The summed E-state index contributed by atoms with van der Waals surface area (Å²) in [6.45, 7) is 1.99. The van der Waals surface area contributed by atoms with Crippen molar-refractivity contribution in [1.29, 1.82) is 0 Å². The molecular weight excluding hydrogens is 204 g/mol. The lowest BCUT2D eigenvalue weighted by atomic mass is 10.5. The van der Waals surface area contributed by atoms with E-state index in [0.29, 0.717) is 0 Å². The van der Waals surface area contributed by atoms with E-state index in [1.54, 1.807) is 6.92 Å². The minimum Gasteiger partial charge on any atom is -0.489 e. The average Bonchev–Trinajstić information content (AvgIpc) is 2.18. The number of methoxy groups -OCH3 is 1. The summed E-state index contributed by atoms with van der Waals surface area (Å²) < 4.78 is 6.15. The number of hydrogen-bond acceptors (Lipinski definition) is 3. The van der Waals surface area contributed by atoms with Gasteiger partial charge in [0.05, 0.1) is 13.7 Å². The lowest BCUT2D eigenvalue weighted by Crippen LogP contribution is -2.21. The maximum absolute atomic E-state index is 11.6. The smallest absolute Gasteiger partial charge is 0.298 e. The number of aromatic nitrogens is 2. The molecule has 0 aliphatic heterocycles. The van der Waals surface area contributed by atoms with Gasteiger partial charge in [0.25, 0.3) is 5.56 Å². The minimum atomic E-state index is -0.324. The van der Waals surface area contributed by atoms with Crippen LogP contribution in [0, 0.1) is 11.8 Å². The van der Waals surface area contributed by atoms with E-state index in [4.69, 9.17) is 16.3 Å². The summed E-state index contributed by atoms with van der Waals surface area (Å²) in [4.78, 5) is 15.4. The minimum absolute atomic E-state index is 0.0482. The summed E-state index contributed by atoms with van der Waals surface area (Å²) in [5, 5.41) is 0.0678. The van der Waals surface area contributed by atoms with E-state index in [9.17, 15) is 4.79 Å². The lowest BCUT2D eigenvalue weighted by molar-refractivity contribution is 0.401. The van der Waals surface area contributed by atoms with Crippen molar-refractivity contribution in [3.8, 4) is 17.6 Å². The SMILES string of the molecule is CC#CCn1cnc(Cl)c(OC)c1=O. The molecule has 0 bridgehead atoms. The van der Waals surface area contributed by atoms with Crippen LogP contribution < -0.4 is 10.3 Å². The third kappa shape index (κ3) is 2.06. The Balaban J connectivity index is 3.19. The van der Waals surface area contributed by atoms with Gasteiger partial charge in [-0.15, -0.1) is 5.92 Å². The topological polar surface area (TPSA) is 44.1 Å². The molecule has 1 aromatic heterocycles. The van der Waals surface area contributed by atoms with Crippen molar-refractivity contribution in [3.05, 3.63) is 21.8 Å². The zero-order valence-electron chi connectivity index (χ0n) is 7.87. The van der Waals surface area contributed by atoms with Gasteiger partial charge >= 0.3 is 0 Å². The Kier molecular flexibility index (Phi) is 3.55. The standard InChI is InChI=1S/C9H9ClN2O2/c1-3-4-5-12-6-11-8(10)7(14-2)9(12)13/h6H,5H2,1-2H3. The van der Waals surface area contributed by atoms with Crippen LogP contribution in [-0.4, -0.2) is 16.7 Å². The summed E-state index contributed by atoms with van der Waals surface area (Å²) in [5.41, 5.74) is -0.324. The van der Waals surface area contributed by atoms with Crippen LogP contribution in [0.2, 0.25) is 5.15 Å². The van der Waals surface area contributed by atoms with Gasteiger partial charge in [-0.3, -0.25) is 9.36 Å². The Morgan fingerprint density at radius 3 is 3.00 bits per heavy atom. The van der Waals surface area contributed by atoms with Gasteiger partial charge in [0.2, 0.25) is 5.75 Å². The first kappa shape index (κ1) is 10.6. The molecule has 0 amide bonds. The van der Waals surface area contributed by atoms with Crippen LogP contribution in [0.15, 0.2) is 11.1 Å². The van der Waals surface area contributed by atoms with E-state index in [1.807, 2.05) is 0 Å². The van der Waals surface area contributed by atoms with E-state index >= 15 is 0 Å². The molecule has 74 valence electrons. The quantitative estimate of drug-likeness (QED) is 0.541. The number of nitrogens with zero attached hydrogens (tertiary/aromatic N) is 2. The fourth-order valence-corrected chi connectivity index (χ4v) is 1.10. The van der Waals surface area contributed by atoms with Crippen molar-refractivity contribution in [3.63, 3.8) is 0 Å². The van der Waals surface area contributed by atoms with Gasteiger partial charge in [-0.05, 0) is 6.92 Å². The van der Waals surface area contributed by atoms with Crippen LogP contribution in [0.4, 0.5) is 0 Å². The predicted molar refractivity (Wildman–Crippen MR) is 53.5 cm³/mol. The first-order chi connectivity index (χ1) is 6.70. The molecule has 5 heteroatoms. The van der Waals surface area contributed by atoms with Crippen molar-refractivity contribution in [2.45, 2.75) is 13.5 Å². The fourth-order valence-electron chi connectivity index (χ4n) is 0.899. The Bertz CT molecular complexity index is 442. The lowest BCUT2D eigenvalue weighted by Gasteiger charge is -2.04. The van der Waals surface area contributed by atoms with Crippen molar-refractivity contribution in [1.82, 2.24) is 9.55 Å². The van der Waals surface area contributed by atoms with Gasteiger partial charge in [-0.2, -0.15) is 0 Å². The molecule has 0 aliphatic carbocycles. The van der Waals surface area contributed by atoms with Crippen molar-refractivity contribution >= 4 is 11.6 Å². The number of ether oxygens (including phenoxy) is 1. The molecule has 1 aromatic rings. The molecule has 0 aromatic carbocycles. The molecule has 1 rings (SSSR count). The van der Waals surface area contributed by atoms with Crippen molar-refractivity contribution < 1.29 is 4.74 Å². The Labute approximate surface area is 86.5 Å². The number of rotatable bonds is 2. The largest absolute Gasteiger partial charge is 0.489 e. The Morgan fingerprint density at radius 1 is 1.71 bits per heavy atom. The van der Waals surface area contributed by atoms with Gasteiger partial charge in [-0.1, -0.05) is 17.5 Å². The predicted octanol–water partition coefficient (Wildman–Crippen LogP) is 0.929. The van der Waals surface area contributed by atoms with Crippen LogP contribution in [0.1, 0.15) is 6.92 Å². The first-order valence-corrected chi connectivity index (χ1v) is 4.27. The third-order valence-corrected chi connectivity index (χ3v) is 1.85. The van der Waals surface area contributed by atoms with E-state index in [2.05, 4.69) is 16.8 Å². The molecule has 0 aliphatic rings. The fraction of sp³-hybridized carbons (Fsp3) is 0.333. The zero-order valence-corrected chi connectivity index (χ0v) is 8.63. The highest BCUT2D eigenvalue weighted by Crippen LogP contribution is 2.14. The van der Waals surface area contributed by atoms with E-state index < -0.39 is 0 Å². The van der Waals surface area contributed by atoms with E-state index in [1.165, 1.54) is 18.0 Å². The summed E-state index contributed by atoms with van der Waals surface area (Å²) in [7, 11) is 1.38. The molecule has 0 unspecified atom stereocenters. The molecule has 0 atom stereocenters. The summed E-state index contributed by atoms with van der Waals surface area (Å²) in [6, 6.07) is 0. The molecule has 0 N–H and O–H groups in total. The second-order valence-electron chi connectivity index (χ2n) is 2.43. The van der Waals surface area contributed by atoms with Crippen LogP contribution >= 0.6 is 11.6 Å². The van der Waals surface area contributed by atoms with Gasteiger partial charge in [0.1, 0.15) is 6.33 Å². The number of hydrogen-bond donors (Lipinski definition) is 0. The second kappa shape index (κ2) is 4.68.